The lowest BCUT2D eigenvalue weighted by Crippen LogP contribution is -2.36. The van der Waals surface area contributed by atoms with Crippen LogP contribution in [0.1, 0.15) is 20.3 Å². The monoisotopic (exact) mass is 208 g/mol. The normalized spacial score (nSPS) is 24.2. The van der Waals surface area contributed by atoms with Gasteiger partial charge in [-0.1, -0.05) is 24.3 Å². The molecule has 1 rings (SSSR count). The summed E-state index contributed by atoms with van der Waals surface area (Å²) in [6.45, 7) is 9.13. The molecule has 0 aromatic heterocycles. The summed E-state index contributed by atoms with van der Waals surface area (Å²) >= 11 is 0. The van der Waals surface area contributed by atoms with Crippen molar-refractivity contribution in [2.45, 2.75) is 26.3 Å². The van der Waals surface area contributed by atoms with Gasteiger partial charge in [-0.05, 0) is 20.3 Å². The van der Waals surface area contributed by atoms with Crippen molar-refractivity contribution in [3.05, 3.63) is 24.3 Å². The fraction of sp³-hybridized carbons (Fsp3) is 0.583. The molecule has 0 spiro atoms. The number of carbonyl (C=O) groups excluding carboxylic acids is 1. The molecule has 3 heteroatoms. The minimum absolute atomic E-state index is 0.0284. The Kier molecular flexibility index (Phi) is 4.09. The lowest BCUT2D eigenvalue weighted by molar-refractivity contribution is -0.133. The van der Waals surface area contributed by atoms with Crippen LogP contribution < -0.4 is 5.73 Å². The Bertz CT molecular complexity index is 283. The van der Waals surface area contributed by atoms with Gasteiger partial charge in [-0.25, -0.2) is 0 Å². The molecule has 2 atom stereocenters. The minimum atomic E-state index is -0.0284. The fourth-order valence-electron chi connectivity index (χ4n) is 1.82. The van der Waals surface area contributed by atoms with Crippen molar-refractivity contribution < 1.29 is 4.79 Å². The van der Waals surface area contributed by atoms with Gasteiger partial charge in [-0.3, -0.25) is 4.79 Å². The maximum Gasteiger partial charge on any atom is 0.229 e. The molecular formula is C12H20N2O. The summed E-state index contributed by atoms with van der Waals surface area (Å²) in [4.78, 5) is 13.9. The summed E-state index contributed by atoms with van der Waals surface area (Å²) in [6.07, 6.45) is 4.58. The first-order chi connectivity index (χ1) is 7.04. The van der Waals surface area contributed by atoms with Gasteiger partial charge in [0.2, 0.25) is 5.91 Å². The molecule has 0 saturated heterocycles. The highest BCUT2D eigenvalue weighted by Crippen LogP contribution is 2.19. The van der Waals surface area contributed by atoms with Crippen molar-refractivity contribution in [1.82, 2.24) is 4.90 Å². The standard InChI is InChI=1S/C12H20N2O/c1-4-14(8-9(2)3)12(15)10-5-6-11(13)7-10/h5-6,10-11H,2,4,7-8,13H2,1,3H3. The number of rotatable bonds is 4. The molecule has 0 saturated carbocycles. The number of amides is 1. The average Bonchev–Trinajstić information content (AvgIpc) is 2.60. The van der Waals surface area contributed by atoms with Crippen molar-refractivity contribution in [3.63, 3.8) is 0 Å². The molecular weight excluding hydrogens is 188 g/mol. The van der Waals surface area contributed by atoms with Gasteiger partial charge >= 0.3 is 0 Å². The highest BCUT2D eigenvalue weighted by Gasteiger charge is 2.26. The van der Waals surface area contributed by atoms with E-state index < -0.39 is 0 Å². The third kappa shape index (κ3) is 3.20. The molecule has 0 radical (unpaired) electrons. The Balaban J connectivity index is 2.57. The highest BCUT2D eigenvalue weighted by molar-refractivity contribution is 5.81. The molecule has 0 fully saturated rings. The van der Waals surface area contributed by atoms with E-state index in [2.05, 4.69) is 6.58 Å². The van der Waals surface area contributed by atoms with Gasteiger partial charge in [0.1, 0.15) is 0 Å². The van der Waals surface area contributed by atoms with E-state index in [1.54, 1.807) is 0 Å². The molecule has 2 unspecified atom stereocenters. The first-order valence-corrected chi connectivity index (χ1v) is 5.41. The van der Waals surface area contributed by atoms with Crippen LogP contribution >= 0.6 is 0 Å². The second kappa shape index (κ2) is 5.12. The summed E-state index contributed by atoms with van der Waals surface area (Å²) in [5, 5.41) is 0. The maximum atomic E-state index is 12.0. The molecule has 0 heterocycles. The van der Waals surface area contributed by atoms with E-state index in [-0.39, 0.29) is 17.9 Å². The molecule has 0 bridgehead atoms. The van der Waals surface area contributed by atoms with E-state index in [0.29, 0.717) is 6.54 Å². The summed E-state index contributed by atoms with van der Waals surface area (Å²) < 4.78 is 0. The number of likely N-dealkylation sites (N-methyl/N-ethyl adjacent to an activating group) is 1. The fourth-order valence-corrected chi connectivity index (χ4v) is 1.82. The zero-order valence-electron chi connectivity index (χ0n) is 9.57. The van der Waals surface area contributed by atoms with E-state index in [9.17, 15) is 4.79 Å². The lowest BCUT2D eigenvalue weighted by atomic mass is 10.1. The van der Waals surface area contributed by atoms with Crippen LogP contribution in [0.5, 0.6) is 0 Å². The van der Waals surface area contributed by atoms with Crippen molar-refractivity contribution in [2.75, 3.05) is 13.1 Å². The third-order valence-corrected chi connectivity index (χ3v) is 2.59. The van der Waals surface area contributed by atoms with Crippen molar-refractivity contribution in [1.29, 1.82) is 0 Å². The topological polar surface area (TPSA) is 46.3 Å². The van der Waals surface area contributed by atoms with Crippen LogP contribution in [-0.4, -0.2) is 29.9 Å². The van der Waals surface area contributed by atoms with Gasteiger partial charge in [0.15, 0.2) is 0 Å². The van der Waals surface area contributed by atoms with Crippen LogP contribution in [0.15, 0.2) is 24.3 Å². The van der Waals surface area contributed by atoms with E-state index >= 15 is 0 Å². The zero-order valence-corrected chi connectivity index (χ0v) is 9.57. The molecule has 1 amide bonds. The first-order valence-electron chi connectivity index (χ1n) is 5.41. The summed E-state index contributed by atoms with van der Waals surface area (Å²) in [7, 11) is 0. The van der Waals surface area contributed by atoms with Crippen LogP contribution in [-0.2, 0) is 4.79 Å². The van der Waals surface area contributed by atoms with Gasteiger partial charge in [-0.15, -0.1) is 0 Å². The molecule has 0 aromatic carbocycles. The van der Waals surface area contributed by atoms with Gasteiger partial charge in [0, 0.05) is 19.1 Å². The Morgan fingerprint density at radius 3 is 2.67 bits per heavy atom. The number of carbonyl (C=O) groups is 1. The number of nitrogens with two attached hydrogens (primary N) is 1. The number of hydrogen-bond acceptors (Lipinski definition) is 2. The van der Waals surface area contributed by atoms with Crippen LogP contribution in [0.2, 0.25) is 0 Å². The molecule has 84 valence electrons. The Morgan fingerprint density at radius 1 is 1.60 bits per heavy atom. The van der Waals surface area contributed by atoms with E-state index in [0.717, 1.165) is 18.5 Å². The quantitative estimate of drug-likeness (QED) is 0.708. The Hall–Kier alpha value is -1.09. The molecule has 1 aliphatic rings. The van der Waals surface area contributed by atoms with E-state index in [4.69, 9.17) is 5.73 Å². The van der Waals surface area contributed by atoms with Crippen LogP contribution in [0.3, 0.4) is 0 Å². The third-order valence-electron chi connectivity index (χ3n) is 2.59. The largest absolute Gasteiger partial charge is 0.338 e. The van der Waals surface area contributed by atoms with Gasteiger partial charge in [-0.2, -0.15) is 0 Å². The van der Waals surface area contributed by atoms with Crippen molar-refractivity contribution in [2.24, 2.45) is 11.7 Å². The predicted octanol–water partition coefficient (Wildman–Crippen LogP) is 1.31. The van der Waals surface area contributed by atoms with Crippen molar-refractivity contribution >= 4 is 5.91 Å². The molecule has 3 nitrogen and oxygen atoms in total. The van der Waals surface area contributed by atoms with Gasteiger partial charge in [0.05, 0.1) is 5.92 Å². The molecule has 0 aliphatic heterocycles. The second-order valence-corrected chi connectivity index (χ2v) is 4.20. The van der Waals surface area contributed by atoms with Crippen LogP contribution in [0, 0.1) is 5.92 Å². The Labute approximate surface area is 91.6 Å². The van der Waals surface area contributed by atoms with Crippen molar-refractivity contribution in [3.8, 4) is 0 Å². The molecule has 0 aromatic rings. The summed E-state index contributed by atoms with van der Waals surface area (Å²) in [5.74, 6) is 0.143. The summed E-state index contributed by atoms with van der Waals surface area (Å²) in [5.41, 5.74) is 6.74. The smallest absolute Gasteiger partial charge is 0.229 e. The first kappa shape index (κ1) is 12.0. The minimum Gasteiger partial charge on any atom is -0.338 e. The highest BCUT2D eigenvalue weighted by atomic mass is 16.2. The molecule has 15 heavy (non-hydrogen) atoms. The summed E-state index contributed by atoms with van der Waals surface area (Å²) in [6, 6.07) is 0.0440. The van der Waals surface area contributed by atoms with E-state index in [1.807, 2.05) is 30.9 Å². The van der Waals surface area contributed by atoms with Gasteiger partial charge in [0.25, 0.3) is 0 Å². The van der Waals surface area contributed by atoms with Crippen LogP contribution in [0.25, 0.3) is 0 Å². The van der Waals surface area contributed by atoms with Gasteiger partial charge < -0.3 is 10.6 Å². The second-order valence-electron chi connectivity index (χ2n) is 4.20. The number of hydrogen-bond donors (Lipinski definition) is 1. The van der Waals surface area contributed by atoms with E-state index in [1.165, 1.54) is 0 Å². The SMILES string of the molecule is C=C(C)CN(CC)C(=O)C1C=CC(N)C1. The predicted molar refractivity (Wildman–Crippen MR) is 62.3 cm³/mol. The Morgan fingerprint density at radius 2 is 2.27 bits per heavy atom. The zero-order chi connectivity index (χ0) is 11.4. The molecule has 1 aliphatic carbocycles. The average molecular weight is 208 g/mol. The van der Waals surface area contributed by atoms with Crippen LogP contribution in [0.4, 0.5) is 0 Å². The number of nitrogens with zero attached hydrogens (tertiary/aromatic N) is 1. The maximum absolute atomic E-state index is 12.0. The molecule has 2 N–H and O–H groups in total. The lowest BCUT2D eigenvalue weighted by Gasteiger charge is -2.24.